The van der Waals surface area contributed by atoms with Gasteiger partial charge in [-0.05, 0) is 51.5 Å². The number of carbonyl (C=O) groups is 2. The Bertz CT molecular complexity index is 929. The van der Waals surface area contributed by atoms with Crippen molar-refractivity contribution in [3.8, 4) is 11.3 Å². The lowest BCUT2D eigenvalue weighted by Gasteiger charge is -2.36. The molecule has 28 heavy (non-hydrogen) atoms. The van der Waals surface area contributed by atoms with Crippen molar-refractivity contribution in [3.63, 3.8) is 0 Å². The van der Waals surface area contributed by atoms with Crippen LogP contribution in [0.1, 0.15) is 27.2 Å². The maximum atomic E-state index is 14.8. The van der Waals surface area contributed by atoms with Crippen LogP contribution in [0.15, 0.2) is 36.5 Å². The van der Waals surface area contributed by atoms with Crippen LogP contribution < -0.4 is 4.90 Å². The fraction of sp³-hybridized carbons (Fsp3) is 0.350. The van der Waals surface area contributed by atoms with Gasteiger partial charge in [0.15, 0.2) is 0 Å². The van der Waals surface area contributed by atoms with Crippen molar-refractivity contribution in [1.82, 2.24) is 9.88 Å². The molecule has 2 heterocycles. The second kappa shape index (κ2) is 7.39. The standard InChI is InChI=1S/C20H21ClFN3O3/c1-20(2,3)25(19(27)28)16-8-10-24(18(16)26)15-7-6-12(11-14(15)22)17-13(21)5-4-9-23-17/h4-7,9,11,16H,8,10H2,1-3H3,(H,27,28)/t16-/m0/s1. The number of amides is 2. The van der Waals surface area contributed by atoms with Gasteiger partial charge in [0.25, 0.3) is 0 Å². The quantitative estimate of drug-likeness (QED) is 0.820. The molecule has 1 fully saturated rings. The summed E-state index contributed by atoms with van der Waals surface area (Å²) in [4.78, 5) is 31.2. The van der Waals surface area contributed by atoms with Crippen molar-refractivity contribution >= 4 is 29.3 Å². The number of hydrogen-bond acceptors (Lipinski definition) is 3. The summed E-state index contributed by atoms with van der Waals surface area (Å²) < 4.78 is 14.8. The molecule has 0 spiro atoms. The summed E-state index contributed by atoms with van der Waals surface area (Å²) in [5, 5.41) is 9.95. The van der Waals surface area contributed by atoms with Gasteiger partial charge in [-0.25, -0.2) is 9.18 Å². The number of carbonyl (C=O) groups excluding carboxylic acids is 1. The number of halogens is 2. The van der Waals surface area contributed by atoms with Gasteiger partial charge in [0.2, 0.25) is 5.91 Å². The summed E-state index contributed by atoms with van der Waals surface area (Å²) in [5.74, 6) is -1.02. The van der Waals surface area contributed by atoms with Crippen molar-refractivity contribution in [2.75, 3.05) is 11.4 Å². The third-order valence-electron chi connectivity index (χ3n) is 4.69. The van der Waals surface area contributed by atoms with Crippen LogP contribution in [0.2, 0.25) is 5.02 Å². The molecule has 2 aromatic rings. The van der Waals surface area contributed by atoms with Crippen LogP contribution in [0, 0.1) is 5.82 Å². The maximum absolute atomic E-state index is 14.8. The van der Waals surface area contributed by atoms with Gasteiger partial charge in [0.05, 0.1) is 16.4 Å². The molecule has 2 amide bonds. The summed E-state index contributed by atoms with van der Waals surface area (Å²) in [7, 11) is 0. The van der Waals surface area contributed by atoms with Crippen LogP contribution in [0.3, 0.4) is 0 Å². The highest BCUT2D eigenvalue weighted by atomic mass is 35.5. The van der Waals surface area contributed by atoms with E-state index in [0.717, 1.165) is 4.90 Å². The largest absolute Gasteiger partial charge is 0.465 e. The van der Waals surface area contributed by atoms with E-state index in [1.807, 2.05) is 0 Å². The highest BCUT2D eigenvalue weighted by molar-refractivity contribution is 6.33. The van der Waals surface area contributed by atoms with E-state index in [2.05, 4.69) is 4.98 Å². The molecule has 1 saturated heterocycles. The first-order valence-corrected chi connectivity index (χ1v) is 9.23. The maximum Gasteiger partial charge on any atom is 0.408 e. The highest BCUT2D eigenvalue weighted by Crippen LogP contribution is 2.33. The Balaban J connectivity index is 1.90. The zero-order chi connectivity index (χ0) is 20.6. The van der Waals surface area contributed by atoms with Crippen molar-refractivity contribution in [2.45, 2.75) is 38.8 Å². The Hall–Kier alpha value is -2.67. The summed E-state index contributed by atoms with van der Waals surface area (Å²) >= 11 is 6.12. The lowest BCUT2D eigenvalue weighted by Crippen LogP contribution is -2.54. The Morgan fingerprint density at radius 2 is 2.07 bits per heavy atom. The Labute approximate surface area is 167 Å². The molecule has 1 aromatic carbocycles. The molecule has 148 valence electrons. The number of benzene rings is 1. The normalized spacial score (nSPS) is 17.1. The molecular formula is C20H21ClFN3O3. The van der Waals surface area contributed by atoms with E-state index in [1.165, 1.54) is 17.0 Å². The Morgan fingerprint density at radius 1 is 1.36 bits per heavy atom. The number of aromatic nitrogens is 1. The zero-order valence-corrected chi connectivity index (χ0v) is 16.6. The Kier molecular flexibility index (Phi) is 5.30. The first-order valence-electron chi connectivity index (χ1n) is 8.85. The first-order chi connectivity index (χ1) is 13.1. The number of carboxylic acid groups (broad SMARTS) is 1. The molecule has 0 aliphatic carbocycles. The fourth-order valence-electron chi connectivity index (χ4n) is 3.50. The van der Waals surface area contributed by atoms with Crippen LogP contribution in [-0.4, -0.2) is 45.1 Å². The predicted molar refractivity (Wildman–Crippen MR) is 105 cm³/mol. The Morgan fingerprint density at radius 3 is 2.64 bits per heavy atom. The van der Waals surface area contributed by atoms with Crippen LogP contribution in [0.5, 0.6) is 0 Å². The van der Waals surface area contributed by atoms with E-state index < -0.39 is 29.4 Å². The third-order valence-corrected chi connectivity index (χ3v) is 4.99. The topological polar surface area (TPSA) is 73.7 Å². The van der Waals surface area contributed by atoms with Gasteiger partial charge in [-0.15, -0.1) is 0 Å². The summed E-state index contributed by atoms with van der Waals surface area (Å²) in [6.45, 7) is 5.42. The molecule has 1 aliphatic rings. The first kappa shape index (κ1) is 20.1. The molecule has 1 aliphatic heterocycles. The van der Waals surface area contributed by atoms with Crippen LogP contribution in [0.4, 0.5) is 14.9 Å². The van der Waals surface area contributed by atoms with Gasteiger partial charge < -0.3 is 10.0 Å². The van der Waals surface area contributed by atoms with E-state index in [-0.39, 0.29) is 12.2 Å². The molecule has 0 bridgehead atoms. The minimum absolute atomic E-state index is 0.113. The molecule has 0 saturated carbocycles. The minimum Gasteiger partial charge on any atom is -0.465 e. The van der Waals surface area contributed by atoms with E-state index in [1.54, 1.807) is 45.2 Å². The molecule has 6 nitrogen and oxygen atoms in total. The molecule has 1 aromatic heterocycles. The van der Waals surface area contributed by atoms with E-state index in [9.17, 15) is 19.1 Å². The van der Waals surface area contributed by atoms with Gasteiger partial charge in [-0.1, -0.05) is 17.7 Å². The van der Waals surface area contributed by atoms with E-state index in [4.69, 9.17) is 11.6 Å². The van der Waals surface area contributed by atoms with Crippen LogP contribution in [0.25, 0.3) is 11.3 Å². The van der Waals surface area contributed by atoms with E-state index >= 15 is 0 Å². The van der Waals surface area contributed by atoms with Crippen molar-refractivity contribution in [2.24, 2.45) is 0 Å². The number of pyridine rings is 1. The molecule has 1 N–H and O–H groups in total. The lowest BCUT2D eigenvalue weighted by molar-refractivity contribution is -0.122. The molecular weight excluding hydrogens is 385 g/mol. The average molecular weight is 406 g/mol. The average Bonchev–Trinajstić information content (AvgIpc) is 2.95. The van der Waals surface area contributed by atoms with Gasteiger partial charge >= 0.3 is 6.09 Å². The van der Waals surface area contributed by atoms with Gasteiger partial charge in [-0.3, -0.25) is 14.7 Å². The second-order valence-electron chi connectivity index (χ2n) is 7.62. The van der Waals surface area contributed by atoms with E-state index in [0.29, 0.717) is 22.7 Å². The number of nitrogens with zero attached hydrogens (tertiary/aromatic N) is 3. The summed E-state index contributed by atoms with van der Waals surface area (Å²) in [5.41, 5.74) is 0.310. The van der Waals surface area contributed by atoms with Crippen molar-refractivity contribution in [3.05, 3.63) is 47.4 Å². The smallest absolute Gasteiger partial charge is 0.408 e. The summed E-state index contributed by atoms with van der Waals surface area (Å²) in [6.07, 6.45) is 0.692. The number of anilines is 1. The van der Waals surface area contributed by atoms with Gasteiger partial charge in [0, 0.05) is 23.8 Å². The predicted octanol–water partition coefficient (Wildman–Crippen LogP) is 4.42. The molecule has 1 atom stereocenters. The molecule has 8 heteroatoms. The lowest BCUT2D eigenvalue weighted by atomic mass is 10.0. The van der Waals surface area contributed by atoms with Crippen molar-refractivity contribution < 1.29 is 19.1 Å². The second-order valence-corrected chi connectivity index (χ2v) is 8.02. The monoisotopic (exact) mass is 405 g/mol. The number of hydrogen-bond donors (Lipinski definition) is 1. The van der Waals surface area contributed by atoms with Crippen LogP contribution >= 0.6 is 11.6 Å². The summed E-state index contributed by atoms with van der Waals surface area (Å²) in [6, 6.07) is 6.93. The highest BCUT2D eigenvalue weighted by Gasteiger charge is 2.44. The molecule has 0 radical (unpaired) electrons. The van der Waals surface area contributed by atoms with Gasteiger partial charge in [0.1, 0.15) is 11.9 Å². The van der Waals surface area contributed by atoms with Crippen LogP contribution in [-0.2, 0) is 4.79 Å². The number of rotatable bonds is 3. The fourth-order valence-corrected chi connectivity index (χ4v) is 3.73. The molecule has 3 rings (SSSR count). The molecule has 0 unspecified atom stereocenters. The minimum atomic E-state index is -1.17. The van der Waals surface area contributed by atoms with Crippen molar-refractivity contribution in [1.29, 1.82) is 0 Å². The SMILES string of the molecule is CC(C)(C)N(C(=O)O)[C@H]1CCN(c2ccc(-c3ncccc3Cl)cc2F)C1=O. The van der Waals surface area contributed by atoms with Gasteiger partial charge in [-0.2, -0.15) is 0 Å². The zero-order valence-electron chi connectivity index (χ0n) is 15.8. The third kappa shape index (κ3) is 3.67.